The van der Waals surface area contributed by atoms with Gasteiger partial charge in [-0.15, -0.1) is 0 Å². The minimum absolute atomic E-state index is 0.106. The number of phosphoric ester groups is 2. The Balaban J connectivity index is 5.16. The lowest BCUT2D eigenvalue weighted by Gasteiger charge is -2.21. The predicted molar refractivity (Wildman–Crippen MR) is 368 cm³/mol. The molecule has 19 heteroatoms. The van der Waals surface area contributed by atoms with E-state index >= 15 is 0 Å². The average molecular weight is 1340 g/mol. The topological polar surface area (TPSA) is 237 Å². The van der Waals surface area contributed by atoms with Crippen molar-refractivity contribution in [2.45, 2.75) is 393 Å². The molecule has 0 rings (SSSR count). The molecule has 0 saturated heterocycles. The fraction of sp³-hybridized carbons (Fsp3) is 0.944. The highest BCUT2D eigenvalue weighted by atomic mass is 31.2. The Labute approximate surface area is 556 Å². The van der Waals surface area contributed by atoms with Gasteiger partial charge in [-0.3, -0.25) is 37.3 Å². The van der Waals surface area contributed by atoms with Gasteiger partial charge >= 0.3 is 39.5 Å². The number of ether oxygens (including phenoxy) is 4. The third-order valence-electron chi connectivity index (χ3n) is 17.1. The number of aliphatic hydroxyl groups is 1. The molecule has 0 fully saturated rings. The normalized spacial score (nSPS) is 14.3. The smallest absolute Gasteiger partial charge is 0.462 e. The molecule has 0 spiro atoms. The average Bonchev–Trinajstić information content (AvgIpc) is 2.74. The molecule has 540 valence electrons. The molecule has 0 aliphatic heterocycles. The summed E-state index contributed by atoms with van der Waals surface area (Å²) in [5.41, 5.74) is 0. The molecule has 0 aromatic rings. The first kappa shape index (κ1) is 89.1. The van der Waals surface area contributed by atoms with Crippen LogP contribution in [0.25, 0.3) is 0 Å². The number of esters is 4. The summed E-state index contributed by atoms with van der Waals surface area (Å²) < 4.78 is 68.2. The van der Waals surface area contributed by atoms with Crippen molar-refractivity contribution in [3.05, 3.63) is 0 Å². The fourth-order valence-corrected chi connectivity index (χ4v) is 12.5. The van der Waals surface area contributed by atoms with Gasteiger partial charge in [0.05, 0.1) is 26.4 Å². The van der Waals surface area contributed by atoms with E-state index in [1.54, 1.807) is 0 Å². The van der Waals surface area contributed by atoms with Crippen LogP contribution in [0.3, 0.4) is 0 Å². The van der Waals surface area contributed by atoms with Crippen LogP contribution in [0.15, 0.2) is 0 Å². The molecule has 6 atom stereocenters. The maximum Gasteiger partial charge on any atom is 0.472 e. The molecule has 0 aromatic carbocycles. The van der Waals surface area contributed by atoms with Crippen LogP contribution in [0.2, 0.25) is 0 Å². The number of rotatable bonds is 72. The van der Waals surface area contributed by atoms with E-state index in [0.29, 0.717) is 25.7 Å². The Kier molecular flexibility index (Phi) is 64.0. The summed E-state index contributed by atoms with van der Waals surface area (Å²) >= 11 is 0. The van der Waals surface area contributed by atoms with Gasteiger partial charge in [-0.1, -0.05) is 324 Å². The minimum atomic E-state index is -4.95. The standard InChI is InChI=1S/C72H140O17P2/c1-6-10-13-16-18-20-22-24-26-28-30-32-37-41-46-51-56-70(75)83-62-68(89-72(77)57-52-47-42-38-33-31-29-27-25-23-21-19-17-14-11-7-2)64-87-91(80,81)85-60-66(73)59-84-90(78,79)86-63-67(61-82-69(74)55-50-44-15-12-8-3)88-71(76)58-53-48-43-39-35-34-36-40-45-49-54-65(5)9-4/h65-68,73H,6-64H2,1-5H3,(H,78,79)(H,80,81)/t65?,66-,67+,68+/m0/s1. The SMILES string of the molecule is CCCCCCCCCCCCCCCCCCC(=O)OC[C@H](COP(=O)(O)OC[C@@H](O)COP(=O)(O)OC[C@@H](COC(=O)CCCCCCC)OC(=O)CCCCCCCCCCCCC(C)CC)OC(=O)CCCCCCCCCCCCCCCCCC. The number of carbonyl (C=O) groups excluding carboxylic acids is 4. The van der Waals surface area contributed by atoms with Crippen LogP contribution in [0.5, 0.6) is 0 Å². The second-order valence-electron chi connectivity index (χ2n) is 26.2. The van der Waals surface area contributed by atoms with E-state index < -0.39 is 97.5 Å². The van der Waals surface area contributed by atoms with Crippen molar-refractivity contribution in [3.63, 3.8) is 0 Å². The lowest BCUT2D eigenvalue weighted by Crippen LogP contribution is -2.30. The lowest BCUT2D eigenvalue weighted by molar-refractivity contribution is -0.161. The number of hydrogen-bond donors (Lipinski definition) is 3. The number of aliphatic hydroxyl groups excluding tert-OH is 1. The molecule has 17 nitrogen and oxygen atoms in total. The molecule has 0 heterocycles. The van der Waals surface area contributed by atoms with Crippen LogP contribution in [0, 0.1) is 5.92 Å². The summed E-state index contributed by atoms with van der Waals surface area (Å²) in [6, 6.07) is 0. The highest BCUT2D eigenvalue weighted by Gasteiger charge is 2.30. The molecule has 0 bridgehead atoms. The summed E-state index contributed by atoms with van der Waals surface area (Å²) in [5, 5.41) is 10.6. The van der Waals surface area contributed by atoms with Gasteiger partial charge in [-0.2, -0.15) is 0 Å². The van der Waals surface area contributed by atoms with Crippen molar-refractivity contribution < 1.29 is 80.2 Å². The van der Waals surface area contributed by atoms with E-state index in [4.69, 9.17) is 37.0 Å². The van der Waals surface area contributed by atoms with Crippen LogP contribution < -0.4 is 0 Å². The van der Waals surface area contributed by atoms with Crippen LogP contribution in [-0.4, -0.2) is 96.7 Å². The van der Waals surface area contributed by atoms with Crippen LogP contribution in [0.4, 0.5) is 0 Å². The molecule has 0 aromatic heterocycles. The Morgan fingerprint density at radius 3 is 0.780 bits per heavy atom. The van der Waals surface area contributed by atoms with E-state index in [2.05, 4.69) is 34.6 Å². The van der Waals surface area contributed by atoms with Gasteiger partial charge in [-0.25, -0.2) is 9.13 Å². The zero-order valence-corrected chi connectivity index (χ0v) is 60.8. The number of carbonyl (C=O) groups is 4. The largest absolute Gasteiger partial charge is 0.472 e. The van der Waals surface area contributed by atoms with E-state index in [9.17, 15) is 43.2 Å². The van der Waals surface area contributed by atoms with E-state index in [0.717, 1.165) is 102 Å². The molecule has 0 amide bonds. The van der Waals surface area contributed by atoms with Crippen molar-refractivity contribution >= 4 is 39.5 Å². The Morgan fingerprint density at radius 2 is 0.527 bits per heavy atom. The first-order valence-corrected chi connectivity index (χ1v) is 40.7. The fourth-order valence-electron chi connectivity index (χ4n) is 11.0. The maximum atomic E-state index is 13.0. The molecule has 0 saturated carbocycles. The number of hydrogen-bond acceptors (Lipinski definition) is 15. The second kappa shape index (κ2) is 65.4. The Morgan fingerprint density at radius 1 is 0.308 bits per heavy atom. The predicted octanol–water partition coefficient (Wildman–Crippen LogP) is 20.9. The molecule has 0 aliphatic carbocycles. The van der Waals surface area contributed by atoms with E-state index in [-0.39, 0.29) is 25.7 Å². The second-order valence-corrected chi connectivity index (χ2v) is 29.1. The summed E-state index contributed by atoms with van der Waals surface area (Å²) in [7, 11) is -9.89. The van der Waals surface area contributed by atoms with Gasteiger partial charge < -0.3 is 33.8 Å². The molecule has 0 radical (unpaired) electrons. The molecular formula is C72H140O17P2. The van der Waals surface area contributed by atoms with E-state index in [1.165, 1.54) is 193 Å². The number of unbranched alkanes of at least 4 members (excludes halogenated alkanes) is 43. The third-order valence-corrected chi connectivity index (χ3v) is 19.0. The first-order chi connectivity index (χ1) is 44.1. The molecule has 0 aliphatic rings. The highest BCUT2D eigenvalue weighted by Crippen LogP contribution is 2.45. The minimum Gasteiger partial charge on any atom is -0.462 e. The Bertz CT molecular complexity index is 1760. The van der Waals surface area contributed by atoms with Crippen molar-refractivity contribution in [3.8, 4) is 0 Å². The van der Waals surface area contributed by atoms with Crippen molar-refractivity contribution in [1.82, 2.24) is 0 Å². The zero-order chi connectivity index (χ0) is 67.0. The highest BCUT2D eigenvalue weighted by molar-refractivity contribution is 7.47. The van der Waals surface area contributed by atoms with Crippen LogP contribution in [-0.2, 0) is 65.4 Å². The van der Waals surface area contributed by atoms with Gasteiger partial charge in [0.2, 0.25) is 0 Å². The van der Waals surface area contributed by atoms with E-state index in [1.807, 2.05) is 0 Å². The van der Waals surface area contributed by atoms with Crippen molar-refractivity contribution in [1.29, 1.82) is 0 Å². The van der Waals surface area contributed by atoms with Gasteiger partial charge in [0.1, 0.15) is 19.3 Å². The van der Waals surface area contributed by atoms with Crippen LogP contribution in [0.1, 0.15) is 375 Å². The third kappa shape index (κ3) is 65.1. The van der Waals surface area contributed by atoms with Gasteiger partial charge in [0.25, 0.3) is 0 Å². The lowest BCUT2D eigenvalue weighted by atomic mass is 9.99. The van der Waals surface area contributed by atoms with Crippen molar-refractivity contribution in [2.24, 2.45) is 5.92 Å². The summed E-state index contributed by atoms with van der Waals surface area (Å²) in [4.78, 5) is 72.4. The van der Waals surface area contributed by atoms with Gasteiger partial charge in [-0.05, 0) is 31.6 Å². The van der Waals surface area contributed by atoms with Crippen LogP contribution >= 0.6 is 15.6 Å². The first-order valence-electron chi connectivity index (χ1n) is 37.7. The molecule has 91 heavy (non-hydrogen) atoms. The molecule has 3 unspecified atom stereocenters. The summed E-state index contributed by atoms with van der Waals surface area (Å²) in [6.07, 6.45) is 53.0. The van der Waals surface area contributed by atoms with Gasteiger partial charge in [0.15, 0.2) is 12.2 Å². The van der Waals surface area contributed by atoms with Crippen molar-refractivity contribution in [2.75, 3.05) is 39.6 Å². The summed E-state index contributed by atoms with van der Waals surface area (Å²) in [5.74, 6) is -1.33. The maximum absolute atomic E-state index is 13.0. The quantitative estimate of drug-likeness (QED) is 0.0222. The Hall–Kier alpha value is -1.94. The monoisotopic (exact) mass is 1340 g/mol. The molecular weight excluding hydrogens is 1200 g/mol. The summed E-state index contributed by atoms with van der Waals surface area (Å²) in [6.45, 7) is 7.21. The molecule has 3 N–H and O–H groups in total. The number of phosphoric acid groups is 2. The zero-order valence-electron chi connectivity index (χ0n) is 59.0. The van der Waals surface area contributed by atoms with Gasteiger partial charge in [0, 0.05) is 25.7 Å².